The molecule has 3 aromatic rings. The van der Waals surface area contributed by atoms with Gasteiger partial charge in [0.2, 0.25) is 5.54 Å². The van der Waals surface area contributed by atoms with Gasteiger partial charge >= 0.3 is 11.9 Å². The molecule has 0 radical (unpaired) electrons. The monoisotopic (exact) mass is 580 g/mol. The summed E-state index contributed by atoms with van der Waals surface area (Å²) in [6.07, 6.45) is -1.29. The van der Waals surface area contributed by atoms with Crippen molar-refractivity contribution in [3.8, 4) is 11.5 Å². The Morgan fingerprint density at radius 3 is 2.17 bits per heavy atom. The van der Waals surface area contributed by atoms with E-state index in [2.05, 4.69) is 5.32 Å². The molecule has 2 aliphatic rings. The highest BCUT2D eigenvalue weighted by molar-refractivity contribution is 6.30. The molecule has 1 fully saturated rings. The zero-order valence-electron chi connectivity index (χ0n) is 22.7. The second kappa shape index (κ2) is 11.0. The normalized spacial score (nSPS) is 23.9. The van der Waals surface area contributed by atoms with E-state index in [1.807, 2.05) is 0 Å². The minimum atomic E-state index is -2.29. The van der Waals surface area contributed by atoms with Crippen molar-refractivity contribution in [1.29, 1.82) is 0 Å². The number of rotatable bonds is 8. The summed E-state index contributed by atoms with van der Waals surface area (Å²) in [6.45, 7) is 3.06. The molecule has 3 aromatic carbocycles. The van der Waals surface area contributed by atoms with E-state index in [9.17, 15) is 19.7 Å². The smallest absolute Gasteiger partial charge is 0.339 e. The molecule has 1 saturated heterocycles. The Morgan fingerprint density at radius 1 is 0.976 bits per heavy atom. The minimum absolute atomic E-state index is 0.0670. The largest absolute Gasteiger partial charge is 0.497 e. The SMILES string of the molecule is CCOC(=O)C1(C(=O)OCC)N[C@H](c2ccccc2)[C@@]2([N+](=O)[O-])[C@H](c3ccc(Cl)cc3)Oc3cc(OC)ccc3[C@@H]12. The van der Waals surface area contributed by atoms with Crippen LogP contribution >= 0.6 is 11.6 Å². The molecule has 0 aliphatic carbocycles. The van der Waals surface area contributed by atoms with Crippen molar-refractivity contribution in [1.82, 2.24) is 5.32 Å². The number of nitrogens with one attached hydrogen (secondary N) is 1. The second-order valence-corrected chi connectivity index (χ2v) is 10.2. The molecule has 4 atom stereocenters. The van der Waals surface area contributed by atoms with Crippen molar-refractivity contribution in [2.24, 2.45) is 0 Å². The predicted octanol–water partition coefficient (Wildman–Crippen LogP) is 4.79. The predicted molar refractivity (Wildman–Crippen MR) is 149 cm³/mol. The maximum atomic E-state index is 14.0. The van der Waals surface area contributed by atoms with Gasteiger partial charge in [-0.2, -0.15) is 0 Å². The Balaban J connectivity index is 1.92. The molecule has 0 amide bonds. The Hall–Kier alpha value is -4.15. The van der Waals surface area contributed by atoms with Gasteiger partial charge in [-0.15, -0.1) is 0 Å². The molecular formula is C30H29ClN2O8. The van der Waals surface area contributed by atoms with Crippen LogP contribution in [0.2, 0.25) is 5.02 Å². The van der Waals surface area contributed by atoms with Crippen LogP contribution in [0, 0.1) is 10.1 Å². The van der Waals surface area contributed by atoms with E-state index in [-0.39, 0.29) is 24.5 Å². The van der Waals surface area contributed by atoms with Gasteiger partial charge in [0, 0.05) is 21.6 Å². The van der Waals surface area contributed by atoms with E-state index < -0.39 is 46.0 Å². The molecule has 0 spiro atoms. The quantitative estimate of drug-likeness (QED) is 0.173. The molecule has 2 aliphatic heterocycles. The maximum absolute atomic E-state index is 14.0. The van der Waals surface area contributed by atoms with E-state index in [1.54, 1.807) is 86.6 Å². The molecule has 5 rings (SSSR count). The summed E-state index contributed by atoms with van der Waals surface area (Å²) in [5.41, 5.74) is -3.27. The summed E-state index contributed by atoms with van der Waals surface area (Å²) in [4.78, 5) is 41.3. The molecule has 10 nitrogen and oxygen atoms in total. The lowest BCUT2D eigenvalue weighted by molar-refractivity contribution is -0.591. The van der Waals surface area contributed by atoms with Crippen LogP contribution in [0.25, 0.3) is 0 Å². The lowest BCUT2D eigenvalue weighted by Crippen LogP contribution is -2.63. The first-order valence-corrected chi connectivity index (χ1v) is 13.5. The first-order chi connectivity index (χ1) is 19.7. The fourth-order valence-corrected chi connectivity index (χ4v) is 6.26. The van der Waals surface area contributed by atoms with Gasteiger partial charge in [-0.3, -0.25) is 15.4 Å². The number of esters is 2. The molecule has 1 N–H and O–H groups in total. The van der Waals surface area contributed by atoms with Crippen LogP contribution in [0.3, 0.4) is 0 Å². The number of hydrogen-bond acceptors (Lipinski definition) is 9. The van der Waals surface area contributed by atoms with Gasteiger partial charge in [-0.05, 0) is 43.2 Å². The molecule has 41 heavy (non-hydrogen) atoms. The number of hydrogen-bond donors (Lipinski definition) is 1. The van der Waals surface area contributed by atoms with Crippen LogP contribution in [0.4, 0.5) is 0 Å². The highest BCUT2D eigenvalue weighted by atomic mass is 35.5. The topological polar surface area (TPSA) is 126 Å². The standard InChI is InChI=1S/C30H29ClN2O8/c1-4-39-27(34)29(28(35)40-5-2)24-22-16-15-21(38-3)17-23(22)41-26(19-11-13-20(31)14-12-19)30(24,33(36)37)25(32-29)18-9-7-6-8-10-18/h6-17,24-26,32H,4-5H2,1-3H3/t24-,25+,26-,30+/m0/s1. The summed E-state index contributed by atoms with van der Waals surface area (Å²) in [6, 6.07) is 18.7. The van der Waals surface area contributed by atoms with Crippen LogP contribution in [0.1, 0.15) is 48.6 Å². The zero-order valence-corrected chi connectivity index (χ0v) is 23.4. The van der Waals surface area contributed by atoms with Crippen LogP contribution in [-0.2, 0) is 19.1 Å². The van der Waals surface area contributed by atoms with Crippen LogP contribution in [-0.4, -0.2) is 48.3 Å². The van der Waals surface area contributed by atoms with Gasteiger partial charge in [0.15, 0.2) is 6.10 Å². The van der Waals surface area contributed by atoms with E-state index in [0.717, 1.165) is 0 Å². The number of methoxy groups -OCH3 is 1. The lowest BCUT2D eigenvalue weighted by atomic mass is 9.63. The van der Waals surface area contributed by atoms with Crippen molar-refractivity contribution in [2.45, 2.75) is 43.0 Å². The van der Waals surface area contributed by atoms with Crippen molar-refractivity contribution in [3.05, 3.63) is 105 Å². The number of halogens is 1. The van der Waals surface area contributed by atoms with Crippen molar-refractivity contribution >= 4 is 23.5 Å². The fraction of sp³-hybridized carbons (Fsp3) is 0.333. The number of carbonyl (C=O) groups excluding carboxylic acids is 2. The van der Waals surface area contributed by atoms with Gasteiger partial charge in [-0.25, -0.2) is 9.59 Å². The van der Waals surface area contributed by atoms with Gasteiger partial charge in [0.05, 0.1) is 20.3 Å². The number of benzene rings is 3. The van der Waals surface area contributed by atoms with E-state index in [0.29, 0.717) is 21.9 Å². The van der Waals surface area contributed by atoms with Crippen LogP contribution in [0.5, 0.6) is 11.5 Å². The summed E-state index contributed by atoms with van der Waals surface area (Å²) < 4.78 is 22.8. The number of nitrogens with zero attached hydrogens (tertiary/aromatic N) is 1. The Labute approximate surface area is 241 Å². The van der Waals surface area contributed by atoms with Gasteiger partial charge in [0.25, 0.3) is 5.54 Å². The fourth-order valence-electron chi connectivity index (χ4n) is 6.13. The second-order valence-electron chi connectivity index (χ2n) is 9.77. The Kier molecular flexibility index (Phi) is 7.63. The molecular weight excluding hydrogens is 552 g/mol. The zero-order chi connectivity index (χ0) is 29.4. The van der Waals surface area contributed by atoms with Gasteiger partial charge in [-0.1, -0.05) is 60.1 Å². The van der Waals surface area contributed by atoms with E-state index in [4.69, 9.17) is 30.5 Å². The van der Waals surface area contributed by atoms with E-state index >= 15 is 0 Å². The summed E-state index contributed by atoms with van der Waals surface area (Å²) in [5.74, 6) is -2.74. The Bertz CT molecular complexity index is 1450. The third-order valence-electron chi connectivity index (χ3n) is 7.74. The van der Waals surface area contributed by atoms with Crippen molar-refractivity contribution in [3.63, 3.8) is 0 Å². The summed E-state index contributed by atoms with van der Waals surface area (Å²) in [5, 5.41) is 17.2. The molecule has 0 unspecified atom stereocenters. The number of fused-ring (bicyclic) bond motifs is 3. The van der Waals surface area contributed by atoms with Gasteiger partial charge in [0.1, 0.15) is 23.5 Å². The molecule has 214 valence electrons. The number of nitro groups is 1. The maximum Gasteiger partial charge on any atom is 0.339 e. The number of carbonyl (C=O) groups is 2. The first kappa shape index (κ1) is 28.4. The average Bonchev–Trinajstić information content (AvgIpc) is 3.32. The minimum Gasteiger partial charge on any atom is -0.497 e. The van der Waals surface area contributed by atoms with Crippen LogP contribution < -0.4 is 14.8 Å². The molecule has 0 bridgehead atoms. The summed E-state index contributed by atoms with van der Waals surface area (Å²) >= 11 is 6.18. The Morgan fingerprint density at radius 2 is 1.61 bits per heavy atom. The molecule has 2 heterocycles. The average molecular weight is 581 g/mol. The molecule has 0 saturated carbocycles. The highest BCUT2D eigenvalue weighted by Crippen LogP contribution is 2.64. The molecule has 11 heteroatoms. The van der Waals surface area contributed by atoms with E-state index in [1.165, 1.54) is 7.11 Å². The van der Waals surface area contributed by atoms with Crippen LogP contribution in [0.15, 0.2) is 72.8 Å². The summed E-state index contributed by atoms with van der Waals surface area (Å²) in [7, 11) is 1.48. The number of ether oxygens (including phenoxy) is 4. The third-order valence-corrected chi connectivity index (χ3v) is 8.00. The highest BCUT2D eigenvalue weighted by Gasteiger charge is 2.82. The van der Waals surface area contributed by atoms with Gasteiger partial charge < -0.3 is 18.9 Å². The first-order valence-electron chi connectivity index (χ1n) is 13.2. The molecule has 0 aromatic heterocycles. The van der Waals surface area contributed by atoms with Crippen molar-refractivity contribution < 1.29 is 33.5 Å². The third kappa shape index (κ3) is 4.29. The lowest BCUT2D eigenvalue weighted by Gasteiger charge is -2.43. The van der Waals surface area contributed by atoms with Crippen molar-refractivity contribution in [2.75, 3.05) is 20.3 Å².